The first-order valence-corrected chi connectivity index (χ1v) is 8.26. The van der Waals surface area contributed by atoms with Gasteiger partial charge in [0.05, 0.1) is 17.4 Å². The van der Waals surface area contributed by atoms with E-state index in [0.717, 1.165) is 24.3 Å². The van der Waals surface area contributed by atoms with E-state index in [1.165, 1.54) is 24.8 Å². The van der Waals surface area contributed by atoms with E-state index in [9.17, 15) is 4.79 Å². The van der Waals surface area contributed by atoms with Gasteiger partial charge in [0.1, 0.15) is 0 Å². The van der Waals surface area contributed by atoms with Crippen LogP contribution in [0.5, 0.6) is 0 Å². The average molecular weight is 309 g/mol. The maximum atomic E-state index is 12.4. The molecular weight excluding hydrogens is 286 g/mol. The number of carbonyl (C=O) groups is 1. The van der Waals surface area contributed by atoms with Crippen LogP contribution in [0.3, 0.4) is 0 Å². The monoisotopic (exact) mass is 309 g/mol. The fraction of sp³-hybridized carbons (Fsp3) is 0.368. The Balaban J connectivity index is 1.65. The highest BCUT2D eigenvalue weighted by molar-refractivity contribution is 5.94. The summed E-state index contributed by atoms with van der Waals surface area (Å²) in [7, 11) is 0. The lowest BCUT2D eigenvalue weighted by Crippen LogP contribution is -2.30. The molecule has 0 bridgehead atoms. The highest BCUT2D eigenvalue weighted by atomic mass is 16.1. The molecule has 4 nitrogen and oxygen atoms in total. The van der Waals surface area contributed by atoms with Crippen molar-refractivity contribution in [1.82, 2.24) is 10.3 Å². The van der Waals surface area contributed by atoms with Gasteiger partial charge in [-0.15, -0.1) is 0 Å². The van der Waals surface area contributed by atoms with Crippen LogP contribution in [-0.4, -0.2) is 24.0 Å². The summed E-state index contributed by atoms with van der Waals surface area (Å²) in [4.78, 5) is 18.9. The van der Waals surface area contributed by atoms with Crippen LogP contribution in [0.15, 0.2) is 42.7 Å². The van der Waals surface area contributed by atoms with Crippen LogP contribution < -0.4 is 10.2 Å². The number of piperidine rings is 1. The van der Waals surface area contributed by atoms with E-state index in [1.807, 2.05) is 24.4 Å². The number of hydrogen-bond donors (Lipinski definition) is 1. The maximum absolute atomic E-state index is 12.4. The van der Waals surface area contributed by atoms with Gasteiger partial charge in [-0.05, 0) is 37.8 Å². The Bertz CT molecular complexity index is 678. The van der Waals surface area contributed by atoms with E-state index < -0.39 is 0 Å². The molecule has 4 heteroatoms. The Morgan fingerprint density at radius 1 is 1.17 bits per heavy atom. The van der Waals surface area contributed by atoms with Crippen LogP contribution in [0.4, 0.5) is 5.69 Å². The minimum atomic E-state index is -0.0714. The van der Waals surface area contributed by atoms with Crippen LogP contribution in [0.1, 0.15) is 40.7 Å². The first kappa shape index (κ1) is 15.5. The van der Waals surface area contributed by atoms with Crippen molar-refractivity contribution in [2.24, 2.45) is 0 Å². The molecular formula is C19H23N3O. The highest BCUT2D eigenvalue weighted by Gasteiger charge is 2.13. The Hall–Kier alpha value is -2.36. The van der Waals surface area contributed by atoms with Gasteiger partial charge >= 0.3 is 0 Å². The van der Waals surface area contributed by atoms with Gasteiger partial charge in [-0.25, -0.2) is 0 Å². The number of aryl methyl sites for hydroxylation is 1. The summed E-state index contributed by atoms with van der Waals surface area (Å²) in [5.74, 6) is -0.0714. The summed E-state index contributed by atoms with van der Waals surface area (Å²) in [6, 6.07) is 10.1. The second-order valence-corrected chi connectivity index (χ2v) is 6.15. The van der Waals surface area contributed by atoms with Gasteiger partial charge in [-0.2, -0.15) is 0 Å². The molecule has 1 amide bonds. The predicted octanol–water partition coefficient (Wildman–Crippen LogP) is 3.31. The van der Waals surface area contributed by atoms with Gasteiger partial charge in [0.2, 0.25) is 0 Å². The molecule has 23 heavy (non-hydrogen) atoms. The Labute approximate surface area is 137 Å². The summed E-state index contributed by atoms with van der Waals surface area (Å²) in [5, 5.41) is 2.98. The molecule has 1 aromatic carbocycles. The largest absolute Gasteiger partial charge is 0.370 e. The van der Waals surface area contributed by atoms with Crippen molar-refractivity contribution in [3.63, 3.8) is 0 Å². The summed E-state index contributed by atoms with van der Waals surface area (Å²) in [6.45, 7) is 4.69. The smallest absolute Gasteiger partial charge is 0.253 e. The minimum Gasteiger partial charge on any atom is -0.370 e. The second kappa shape index (κ2) is 7.27. The molecule has 0 saturated carbocycles. The normalized spacial score (nSPS) is 14.6. The Morgan fingerprint density at radius 3 is 2.78 bits per heavy atom. The number of hydrogen-bond acceptors (Lipinski definition) is 3. The lowest BCUT2D eigenvalue weighted by Gasteiger charge is -2.28. The van der Waals surface area contributed by atoms with Gasteiger partial charge in [0.25, 0.3) is 5.91 Å². The van der Waals surface area contributed by atoms with E-state index in [4.69, 9.17) is 0 Å². The first-order valence-electron chi connectivity index (χ1n) is 8.26. The van der Waals surface area contributed by atoms with Crippen molar-refractivity contribution in [2.45, 2.75) is 32.7 Å². The first-order chi connectivity index (χ1) is 11.2. The zero-order valence-electron chi connectivity index (χ0n) is 13.6. The van der Waals surface area contributed by atoms with E-state index >= 15 is 0 Å². The van der Waals surface area contributed by atoms with Crippen molar-refractivity contribution in [3.05, 3.63) is 59.4 Å². The third kappa shape index (κ3) is 4.09. The van der Waals surface area contributed by atoms with Gasteiger partial charge in [-0.1, -0.05) is 29.8 Å². The third-order valence-electron chi connectivity index (χ3n) is 4.24. The lowest BCUT2D eigenvalue weighted by molar-refractivity contribution is 0.0950. The molecule has 0 atom stereocenters. The lowest BCUT2D eigenvalue weighted by atomic mass is 10.1. The van der Waals surface area contributed by atoms with Crippen LogP contribution in [0.25, 0.3) is 0 Å². The van der Waals surface area contributed by atoms with Crippen molar-refractivity contribution >= 4 is 11.6 Å². The standard InChI is InChI=1S/C19H23N3O/c1-15-6-5-7-16(10-15)12-21-19(23)17-11-18(14-20-13-17)22-8-3-2-4-9-22/h5-7,10-11,13-14H,2-4,8-9,12H2,1H3,(H,21,23). The van der Waals surface area contributed by atoms with Gasteiger partial charge in [-0.3, -0.25) is 9.78 Å². The number of amides is 1. The van der Waals surface area contributed by atoms with Gasteiger partial charge < -0.3 is 10.2 Å². The Kier molecular flexibility index (Phi) is 4.91. The fourth-order valence-electron chi connectivity index (χ4n) is 2.98. The fourth-order valence-corrected chi connectivity index (χ4v) is 2.98. The molecule has 1 fully saturated rings. The van der Waals surface area contributed by atoms with Crippen molar-refractivity contribution < 1.29 is 4.79 Å². The summed E-state index contributed by atoms with van der Waals surface area (Å²) >= 11 is 0. The van der Waals surface area contributed by atoms with Gasteiger partial charge in [0, 0.05) is 25.8 Å². The summed E-state index contributed by atoms with van der Waals surface area (Å²) in [6.07, 6.45) is 7.20. The number of nitrogens with one attached hydrogen (secondary N) is 1. The molecule has 2 heterocycles. The van der Waals surface area contributed by atoms with Crippen LogP contribution in [0, 0.1) is 6.92 Å². The van der Waals surface area contributed by atoms with Crippen LogP contribution in [-0.2, 0) is 6.54 Å². The average Bonchev–Trinajstić information content (AvgIpc) is 2.61. The van der Waals surface area contributed by atoms with E-state index in [-0.39, 0.29) is 5.91 Å². The number of rotatable bonds is 4. The van der Waals surface area contributed by atoms with Crippen LogP contribution >= 0.6 is 0 Å². The number of anilines is 1. The van der Waals surface area contributed by atoms with E-state index in [0.29, 0.717) is 12.1 Å². The number of nitrogens with zero attached hydrogens (tertiary/aromatic N) is 2. The zero-order valence-corrected chi connectivity index (χ0v) is 13.6. The quantitative estimate of drug-likeness (QED) is 0.942. The van der Waals surface area contributed by atoms with Crippen molar-refractivity contribution in [1.29, 1.82) is 0 Å². The Morgan fingerprint density at radius 2 is 2.00 bits per heavy atom. The van der Waals surface area contributed by atoms with Crippen molar-refractivity contribution in [3.8, 4) is 0 Å². The SMILES string of the molecule is Cc1cccc(CNC(=O)c2cncc(N3CCCCC3)c2)c1. The molecule has 0 unspecified atom stereocenters. The molecule has 2 aromatic rings. The molecule has 0 radical (unpaired) electrons. The molecule has 1 aromatic heterocycles. The molecule has 0 spiro atoms. The number of benzene rings is 1. The second-order valence-electron chi connectivity index (χ2n) is 6.15. The molecule has 1 saturated heterocycles. The molecule has 3 rings (SSSR count). The topological polar surface area (TPSA) is 45.2 Å². The molecule has 120 valence electrons. The molecule has 1 aliphatic heterocycles. The summed E-state index contributed by atoms with van der Waals surface area (Å²) in [5.41, 5.74) is 3.98. The zero-order chi connectivity index (χ0) is 16.1. The predicted molar refractivity (Wildman–Crippen MR) is 92.7 cm³/mol. The third-order valence-corrected chi connectivity index (χ3v) is 4.24. The van der Waals surface area contributed by atoms with Crippen LogP contribution in [0.2, 0.25) is 0 Å². The van der Waals surface area contributed by atoms with E-state index in [1.54, 1.807) is 6.20 Å². The molecule has 1 N–H and O–H groups in total. The van der Waals surface area contributed by atoms with E-state index in [2.05, 4.69) is 34.3 Å². The number of aromatic nitrogens is 1. The van der Waals surface area contributed by atoms with Crippen molar-refractivity contribution in [2.75, 3.05) is 18.0 Å². The maximum Gasteiger partial charge on any atom is 0.253 e. The molecule has 1 aliphatic rings. The molecule has 0 aliphatic carbocycles. The number of pyridine rings is 1. The number of carbonyl (C=O) groups excluding carboxylic acids is 1. The highest BCUT2D eigenvalue weighted by Crippen LogP contribution is 2.19. The van der Waals surface area contributed by atoms with Gasteiger partial charge in [0.15, 0.2) is 0 Å². The summed E-state index contributed by atoms with van der Waals surface area (Å²) < 4.78 is 0. The minimum absolute atomic E-state index is 0.0714.